The van der Waals surface area contributed by atoms with Gasteiger partial charge >= 0.3 is 43.4 Å². The zero-order chi connectivity index (χ0) is 0. The first-order valence-corrected chi connectivity index (χ1v) is 0. The second-order valence-corrected chi connectivity index (χ2v) is 0. The molecule has 24 valence electrons. The Morgan fingerprint density at radius 1 is 1.00 bits per heavy atom. The van der Waals surface area contributed by atoms with Crippen molar-refractivity contribution in [1.82, 2.24) is 0 Å². The van der Waals surface area contributed by atoms with Crippen molar-refractivity contribution in [2.24, 2.45) is 0 Å². The van der Waals surface area contributed by atoms with Gasteiger partial charge in [0.15, 0.2) is 0 Å². The Hall–Kier alpha value is 2.00. The van der Waals surface area contributed by atoms with Crippen molar-refractivity contribution in [3.05, 3.63) is 0 Å². The van der Waals surface area contributed by atoms with Gasteiger partial charge in [-0.2, -0.15) is 0 Å². The quantitative estimate of drug-likeness (QED) is 0.413. The topological polar surface area (TPSA) is 31.5 Å². The van der Waals surface area contributed by atoms with Crippen LogP contribution in [0.3, 0.4) is 0 Å². The fourth-order valence-corrected chi connectivity index (χ4v) is 0. The molecule has 0 saturated carbocycles. The first kappa shape index (κ1) is 37.6. The Balaban J connectivity index is 0. The van der Waals surface area contributed by atoms with Crippen molar-refractivity contribution in [3.8, 4) is 0 Å². The van der Waals surface area contributed by atoms with Crippen molar-refractivity contribution in [3.63, 3.8) is 0 Å². The van der Waals surface area contributed by atoms with E-state index in [2.05, 4.69) is 0 Å². The monoisotopic (exact) mass is 278 g/mol. The van der Waals surface area contributed by atoms with E-state index in [4.69, 9.17) is 0 Å². The molecule has 4 heteroatoms. The molecule has 4 heavy (non-hydrogen) atoms. The van der Waals surface area contributed by atoms with Crippen molar-refractivity contribution in [1.29, 1.82) is 0 Å². The fourth-order valence-electron chi connectivity index (χ4n) is 0. The molecule has 0 aliphatic carbocycles. The largest absolute Gasteiger partial charge is 0 e. The minimum Gasteiger partial charge on any atom is 0 e. The van der Waals surface area contributed by atoms with Gasteiger partial charge in [0.05, 0.1) is 0 Å². The molecule has 0 bridgehead atoms. The van der Waals surface area contributed by atoms with Gasteiger partial charge in [-0.1, -0.05) is 0 Å². The molecule has 0 aromatic heterocycles. The van der Waals surface area contributed by atoms with Gasteiger partial charge in [0.2, 0.25) is 0 Å². The normalized spacial score (nSPS) is 0. The molecule has 0 rings (SSSR count). The first-order chi connectivity index (χ1) is 0. The van der Waals surface area contributed by atoms with Crippen molar-refractivity contribution >= 4 is 43.4 Å². The Bertz CT molecular complexity index is 8.00. The third-order valence-corrected chi connectivity index (χ3v) is 0. The predicted molar refractivity (Wildman–Crippen MR) is 24.9 cm³/mol. The van der Waals surface area contributed by atoms with Gasteiger partial charge in [-0.15, -0.1) is 0 Å². The van der Waals surface area contributed by atoms with Crippen LogP contribution in [0.2, 0.25) is 0 Å². The summed E-state index contributed by atoms with van der Waals surface area (Å²) in [6.45, 7) is 0. The van der Waals surface area contributed by atoms with E-state index >= 15 is 0 Å². The van der Waals surface area contributed by atoms with Gasteiger partial charge in [-0.3, -0.25) is 0 Å². The molecule has 0 aromatic carbocycles. The Morgan fingerprint density at radius 3 is 1.00 bits per heavy atom. The standard InChI is InChI=1S/GeH4.In.H2O.Zn.3H/h1H4;;1H2;;;;. The van der Waals surface area contributed by atoms with E-state index in [9.17, 15) is 0 Å². The van der Waals surface area contributed by atoms with Gasteiger partial charge in [0.1, 0.15) is 0 Å². The van der Waals surface area contributed by atoms with Gasteiger partial charge in [-0.05, 0) is 0 Å². The Morgan fingerprint density at radius 2 is 1.00 bits per heavy atom. The molecule has 0 fully saturated rings. The van der Waals surface area contributed by atoms with Crippen molar-refractivity contribution < 1.29 is 25.0 Å². The molecule has 0 aliphatic rings. The maximum Gasteiger partial charge on any atom is 0 e. The van der Waals surface area contributed by atoms with Crippen LogP contribution in [-0.4, -0.2) is 48.9 Å². The predicted octanol–water partition coefficient (Wildman–Crippen LogP) is -3.46. The molecule has 0 saturated heterocycles. The molecule has 0 spiro atoms. The molecule has 0 heterocycles. The van der Waals surface area contributed by atoms with Crippen LogP contribution in [0.25, 0.3) is 0 Å². The van der Waals surface area contributed by atoms with E-state index in [1.807, 2.05) is 0 Å². The summed E-state index contributed by atoms with van der Waals surface area (Å²) in [5, 5.41) is 0. The Labute approximate surface area is 67.7 Å². The van der Waals surface area contributed by atoms with Crippen LogP contribution in [-0.2, 0) is 19.5 Å². The maximum atomic E-state index is 0. The smallest absolute Gasteiger partial charge is 0 e. The first-order valence-electron chi connectivity index (χ1n) is 0. The summed E-state index contributed by atoms with van der Waals surface area (Å²) in [7, 11) is 0. The molecule has 0 amide bonds. The van der Waals surface area contributed by atoms with Gasteiger partial charge in [0, 0.05) is 19.5 Å². The van der Waals surface area contributed by atoms with Crippen LogP contribution < -0.4 is 0 Å². The third-order valence-electron chi connectivity index (χ3n) is 0. The fraction of sp³-hybridized carbons (Fsp3) is 0. The Kier molecular flexibility index (Phi) is 188. The summed E-state index contributed by atoms with van der Waals surface area (Å²) in [6.07, 6.45) is 0. The van der Waals surface area contributed by atoms with E-state index in [1.165, 1.54) is 0 Å². The second-order valence-electron chi connectivity index (χ2n) is 0. The van der Waals surface area contributed by atoms with Crippen LogP contribution in [0, 0.1) is 0 Å². The molecule has 2 N–H and O–H groups in total. The third kappa shape index (κ3) is 9.00. The van der Waals surface area contributed by atoms with E-state index in [1.54, 1.807) is 0 Å². The van der Waals surface area contributed by atoms with E-state index in [0.717, 1.165) is 0 Å². The molecule has 0 aromatic rings. The zero-order valence-corrected chi connectivity index (χ0v) is 4.17. The van der Waals surface area contributed by atoms with Crippen LogP contribution in [0.1, 0.15) is 0 Å². The molecule has 0 aliphatic heterocycles. The minimum atomic E-state index is 0. The van der Waals surface area contributed by atoms with Crippen LogP contribution >= 0.6 is 0 Å². The number of hydrogen-bond donors (Lipinski definition) is 0. The minimum absolute atomic E-state index is 0. The van der Waals surface area contributed by atoms with Gasteiger partial charge < -0.3 is 5.48 Å². The van der Waals surface area contributed by atoms with E-state index in [0.29, 0.717) is 0 Å². The molecule has 0 radical (unpaired) electrons. The van der Waals surface area contributed by atoms with Crippen LogP contribution in [0.5, 0.6) is 0 Å². The molecule has 0 unspecified atom stereocenters. The molecular formula is H9GeInOZn. The average Bonchev–Trinajstić information content (AvgIpc) is 0. The number of hydrogen-bond acceptors (Lipinski definition) is 0. The molecule has 0 atom stereocenters. The van der Waals surface area contributed by atoms with E-state index in [-0.39, 0.29) is 68.4 Å². The summed E-state index contributed by atoms with van der Waals surface area (Å²) >= 11 is 0. The molecular weight excluding hydrogens is 269 g/mol. The second kappa shape index (κ2) is 20.0. The van der Waals surface area contributed by atoms with Crippen molar-refractivity contribution in [2.45, 2.75) is 0 Å². The summed E-state index contributed by atoms with van der Waals surface area (Å²) in [5.41, 5.74) is 0. The molecule has 1 nitrogen and oxygen atoms in total. The SMILES string of the molecule is O.[GeH4].[InH3].[Zn]. The van der Waals surface area contributed by atoms with Crippen molar-refractivity contribution in [2.75, 3.05) is 0 Å². The van der Waals surface area contributed by atoms with Gasteiger partial charge in [-0.25, -0.2) is 0 Å². The maximum absolute atomic E-state index is 0. The summed E-state index contributed by atoms with van der Waals surface area (Å²) in [6, 6.07) is 0. The summed E-state index contributed by atoms with van der Waals surface area (Å²) in [4.78, 5) is 0. The number of rotatable bonds is 0. The van der Waals surface area contributed by atoms with E-state index < -0.39 is 0 Å². The van der Waals surface area contributed by atoms with Crippen LogP contribution in [0.4, 0.5) is 0 Å². The van der Waals surface area contributed by atoms with Gasteiger partial charge in [0.25, 0.3) is 0 Å². The summed E-state index contributed by atoms with van der Waals surface area (Å²) in [5.74, 6) is 0. The zero-order valence-electron chi connectivity index (χ0n) is 1.21. The average molecular weight is 278 g/mol. The summed E-state index contributed by atoms with van der Waals surface area (Å²) < 4.78 is 0. The van der Waals surface area contributed by atoms with Crippen LogP contribution in [0.15, 0.2) is 0 Å².